The maximum Gasteiger partial charge on any atom is 0.0891 e. The van der Waals surface area contributed by atoms with E-state index in [0.29, 0.717) is 11.8 Å². The Balaban J connectivity index is 3.80. The van der Waals surface area contributed by atoms with Crippen LogP contribution in [0, 0.1) is 11.8 Å². The molecule has 0 saturated carbocycles. The normalized spacial score (nSPS) is 15.0. The van der Waals surface area contributed by atoms with Crippen molar-refractivity contribution in [3.63, 3.8) is 0 Å². The van der Waals surface area contributed by atoms with Crippen LogP contribution in [0.5, 0.6) is 0 Å². The van der Waals surface area contributed by atoms with E-state index in [1.165, 1.54) is 0 Å². The molecule has 72 valence electrons. The number of hydrogen-bond acceptors (Lipinski definition) is 1. The molecule has 0 bridgehead atoms. The summed E-state index contributed by atoms with van der Waals surface area (Å²) in [4.78, 5) is 0. The molecule has 0 aromatic carbocycles. The third kappa shape index (κ3) is 5.22. The van der Waals surface area contributed by atoms with Crippen molar-refractivity contribution in [3.05, 3.63) is 11.8 Å². The van der Waals surface area contributed by atoms with Gasteiger partial charge < -0.3 is 4.74 Å². The fourth-order valence-electron chi connectivity index (χ4n) is 0.874. The van der Waals surface area contributed by atoms with Crippen molar-refractivity contribution < 1.29 is 4.74 Å². The standard InChI is InChI=1S/C11H22O/c1-6-7-12-11(5)8-10(4)9(2)3/h8-10H,6-7H2,1-5H3/b11-8-. The van der Waals surface area contributed by atoms with E-state index in [9.17, 15) is 0 Å². The van der Waals surface area contributed by atoms with Crippen molar-refractivity contribution in [2.45, 2.75) is 41.0 Å². The molecule has 0 heterocycles. The maximum absolute atomic E-state index is 5.47. The molecule has 0 saturated heterocycles. The minimum Gasteiger partial charge on any atom is -0.499 e. The number of ether oxygens (including phenoxy) is 1. The number of allylic oxidation sites excluding steroid dienone is 2. The van der Waals surface area contributed by atoms with Gasteiger partial charge in [-0.1, -0.05) is 27.7 Å². The number of rotatable bonds is 5. The molecule has 0 aliphatic carbocycles. The van der Waals surface area contributed by atoms with E-state index in [1.54, 1.807) is 0 Å². The lowest BCUT2D eigenvalue weighted by atomic mass is 9.97. The second-order valence-corrected chi connectivity index (χ2v) is 3.73. The van der Waals surface area contributed by atoms with Crippen LogP contribution >= 0.6 is 0 Å². The van der Waals surface area contributed by atoms with Crippen LogP contribution in [0.3, 0.4) is 0 Å². The van der Waals surface area contributed by atoms with Gasteiger partial charge in [-0.3, -0.25) is 0 Å². The van der Waals surface area contributed by atoms with Gasteiger partial charge >= 0.3 is 0 Å². The van der Waals surface area contributed by atoms with Gasteiger partial charge in [0, 0.05) is 0 Å². The summed E-state index contributed by atoms with van der Waals surface area (Å²) in [5.41, 5.74) is 0. The molecule has 0 aromatic heterocycles. The first-order chi connectivity index (χ1) is 5.57. The average Bonchev–Trinajstić information content (AvgIpc) is 2.00. The zero-order valence-corrected chi connectivity index (χ0v) is 9.05. The minimum atomic E-state index is 0.613. The molecular formula is C11H22O. The molecular weight excluding hydrogens is 148 g/mol. The monoisotopic (exact) mass is 170 g/mol. The van der Waals surface area contributed by atoms with Crippen molar-refractivity contribution in [2.24, 2.45) is 11.8 Å². The topological polar surface area (TPSA) is 9.23 Å². The summed E-state index contributed by atoms with van der Waals surface area (Å²) in [7, 11) is 0. The van der Waals surface area contributed by atoms with Crippen LogP contribution in [-0.2, 0) is 4.74 Å². The van der Waals surface area contributed by atoms with Gasteiger partial charge in [0.25, 0.3) is 0 Å². The van der Waals surface area contributed by atoms with E-state index in [-0.39, 0.29) is 0 Å². The Morgan fingerprint density at radius 2 is 1.92 bits per heavy atom. The van der Waals surface area contributed by atoms with Gasteiger partial charge in [-0.2, -0.15) is 0 Å². The molecule has 12 heavy (non-hydrogen) atoms. The summed E-state index contributed by atoms with van der Waals surface area (Å²) < 4.78 is 5.47. The van der Waals surface area contributed by atoms with Crippen LogP contribution in [0.1, 0.15) is 41.0 Å². The second kappa shape index (κ2) is 6.10. The van der Waals surface area contributed by atoms with E-state index in [1.807, 2.05) is 6.92 Å². The van der Waals surface area contributed by atoms with E-state index in [2.05, 4.69) is 33.8 Å². The van der Waals surface area contributed by atoms with Gasteiger partial charge in [-0.15, -0.1) is 0 Å². The molecule has 0 aliphatic heterocycles. The molecule has 0 amide bonds. The fourth-order valence-corrected chi connectivity index (χ4v) is 0.874. The highest BCUT2D eigenvalue weighted by molar-refractivity contribution is 4.93. The summed E-state index contributed by atoms with van der Waals surface area (Å²) >= 11 is 0. The molecule has 0 radical (unpaired) electrons. The van der Waals surface area contributed by atoms with Crippen LogP contribution < -0.4 is 0 Å². The first-order valence-corrected chi connectivity index (χ1v) is 4.89. The Hall–Kier alpha value is -0.460. The Morgan fingerprint density at radius 1 is 1.33 bits per heavy atom. The van der Waals surface area contributed by atoms with Crippen LogP contribution in [0.2, 0.25) is 0 Å². The van der Waals surface area contributed by atoms with E-state index < -0.39 is 0 Å². The van der Waals surface area contributed by atoms with Crippen molar-refractivity contribution in [1.82, 2.24) is 0 Å². The molecule has 0 fully saturated rings. The van der Waals surface area contributed by atoms with Crippen molar-refractivity contribution in [2.75, 3.05) is 6.61 Å². The van der Waals surface area contributed by atoms with Gasteiger partial charge in [0.1, 0.15) is 0 Å². The van der Waals surface area contributed by atoms with Gasteiger partial charge in [0.05, 0.1) is 12.4 Å². The lowest BCUT2D eigenvalue weighted by Crippen LogP contribution is -2.02. The van der Waals surface area contributed by atoms with Crippen molar-refractivity contribution >= 4 is 0 Å². The van der Waals surface area contributed by atoms with E-state index in [0.717, 1.165) is 18.8 Å². The molecule has 1 nitrogen and oxygen atoms in total. The lowest BCUT2D eigenvalue weighted by molar-refractivity contribution is 0.210. The molecule has 0 aromatic rings. The Labute approximate surface area is 76.8 Å². The van der Waals surface area contributed by atoms with Gasteiger partial charge in [-0.25, -0.2) is 0 Å². The summed E-state index contributed by atoms with van der Waals surface area (Å²) in [5.74, 6) is 2.38. The summed E-state index contributed by atoms with van der Waals surface area (Å²) in [5, 5.41) is 0. The Morgan fingerprint density at radius 3 is 2.33 bits per heavy atom. The van der Waals surface area contributed by atoms with Crippen LogP contribution in [0.4, 0.5) is 0 Å². The van der Waals surface area contributed by atoms with Crippen molar-refractivity contribution in [3.8, 4) is 0 Å². The first-order valence-electron chi connectivity index (χ1n) is 4.89. The molecule has 1 atom stereocenters. The average molecular weight is 170 g/mol. The zero-order valence-electron chi connectivity index (χ0n) is 9.05. The SMILES string of the molecule is CCCO/C(C)=C\C(C)C(C)C. The van der Waals surface area contributed by atoms with Gasteiger partial charge in [0.2, 0.25) is 0 Å². The Kier molecular flexibility index (Phi) is 5.87. The molecule has 0 spiro atoms. The highest BCUT2D eigenvalue weighted by Gasteiger charge is 2.03. The van der Waals surface area contributed by atoms with E-state index in [4.69, 9.17) is 4.74 Å². The smallest absolute Gasteiger partial charge is 0.0891 e. The van der Waals surface area contributed by atoms with Crippen LogP contribution in [0.25, 0.3) is 0 Å². The highest BCUT2D eigenvalue weighted by Crippen LogP contribution is 2.13. The van der Waals surface area contributed by atoms with Crippen LogP contribution in [0.15, 0.2) is 11.8 Å². The lowest BCUT2D eigenvalue weighted by Gasteiger charge is -2.12. The first kappa shape index (κ1) is 11.5. The molecule has 1 unspecified atom stereocenters. The number of hydrogen-bond donors (Lipinski definition) is 0. The predicted octanol–water partition coefficient (Wildman–Crippen LogP) is 3.61. The highest BCUT2D eigenvalue weighted by atomic mass is 16.5. The third-order valence-electron chi connectivity index (χ3n) is 2.08. The quantitative estimate of drug-likeness (QED) is 0.573. The fraction of sp³-hybridized carbons (Fsp3) is 0.818. The van der Waals surface area contributed by atoms with Gasteiger partial charge in [0.15, 0.2) is 0 Å². The largest absolute Gasteiger partial charge is 0.499 e. The molecule has 1 heteroatoms. The van der Waals surface area contributed by atoms with Gasteiger partial charge in [-0.05, 0) is 31.3 Å². The zero-order chi connectivity index (χ0) is 9.56. The predicted molar refractivity (Wildman–Crippen MR) is 54.0 cm³/mol. The summed E-state index contributed by atoms with van der Waals surface area (Å²) in [6, 6.07) is 0. The van der Waals surface area contributed by atoms with Crippen molar-refractivity contribution in [1.29, 1.82) is 0 Å². The minimum absolute atomic E-state index is 0.613. The third-order valence-corrected chi connectivity index (χ3v) is 2.08. The molecule has 0 aliphatic rings. The van der Waals surface area contributed by atoms with E-state index >= 15 is 0 Å². The molecule has 0 rings (SSSR count). The molecule has 0 N–H and O–H groups in total. The second-order valence-electron chi connectivity index (χ2n) is 3.73. The summed E-state index contributed by atoms with van der Waals surface area (Å²) in [6.45, 7) is 11.7. The maximum atomic E-state index is 5.47. The Bertz CT molecular complexity index is 136. The van der Waals surface area contributed by atoms with Crippen LogP contribution in [-0.4, -0.2) is 6.61 Å². The summed E-state index contributed by atoms with van der Waals surface area (Å²) in [6.07, 6.45) is 3.29.